The van der Waals surface area contributed by atoms with Gasteiger partial charge in [-0.15, -0.1) is 0 Å². The summed E-state index contributed by atoms with van der Waals surface area (Å²) in [5.41, 5.74) is 6.52. The van der Waals surface area contributed by atoms with Gasteiger partial charge in [-0.2, -0.15) is 0 Å². The van der Waals surface area contributed by atoms with E-state index in [4.69, 9.17) is 21.8 Å². The van der Waals surface area contributed by atoms with Crippen LogP contribution in [0.25, 0.3) is 11.0 Å². The van der Waals surface area contributed by atoms with E-state index in [0.717, 1.165) is 10.9 Å². The summed E-state index contributed by atoms with van der Waals surface area (Å²) in [6, 6.07) is 3.25. The van der Waals surface area contributed by atoms with Gasteiger partial charge in [0, 0.05) is 5.39 Å². The van der Waals surface area contributed by atoms with Gasteiger partial charge < -0.3 is 10.2 Å². The van der Waals surface area contributed by atoms with Crippen LogP contribution in [0, 0.1) is 12.7 Å². The summed E-state index contributed by atoms with van der Waals surface area (Å²) < 4.78 is 18.7. The Kier molecular flexibility index (Phi) is 2.21. The van der Waals surface area contributed by atoms with Crippen molar-refractivity contribution < 1.29 is 8.81 Å². The molecule has 74 valence electrons. The molecule has 14 heavy (non-hydrogen) atoms. The van der Waals surface area contributed by atoms with Gasteiger partial charge in [0.25, 0.3) is 0 Å². The molecule has 0 unspecified atom stereocenters. The Balaban J connectivity index is 2.85. The monoisotopic (exact) mass is 213 g/mol. The van der Waals surface area contributed by atoms with Crippen LogP contribution in [0.4, 0.5) is 4.39 Å². The first-order valence-electron chi connectivity index (χ1n) is 4.21. The summed E-state index contributed by atoms with van der Waals surface area (Å²) in [5, 5.41) is 0.794. The van der Waals surface area contributed by atoms with Crippen molar-refractivity contribution in [2.24, 2.45) is 5.73 Å². The number of nitrogens with two attached hydrogens (primary N) is 1. The fraction of sp³-hybridized carbons (Fsp3) is 0.200. The van der Waals surface area contributed by atoms with E-state index in [0.29, 0.717) is 5.76 Å². The van der Waals surface area contributed by atoms with Crippen molar-refractivity contribution >= 4 is 22.6 Å². The molecule has 0 saturated carbocycles. The third kappa shape index (κ3) is 1.21. The molecule has 0 radical (unpaired) electrons. The van der Waals surface area contributed by atoms with Crippen molar-refractivity contribution in [2.45, 2.75) is 13.5 Å². The summed E-state index contributed by atoms with van der Waals surface area (Å²) >= 11 is 5.63. The number of fused-ring (bicyclic) bond motifs is 1. The summed E-state index contributed by atoms with van der Waals surface area (Å²) in [5.74, 6) is 0.0770. The van der Waals surface area contributed by atoms with E-state index in [1.807, 2.05) is 6.92 Å². The van der Waals surface area contributed by atoms with Crippen LogP contribution < -0.4 is 5.73 Å². The van der Waals surface area contributed by atoms with Gasteiger partial charge in [-0.3, -0.25) is 0 Å². The van der Waals surface area contributed by atoms with E-state index in [2.05, 4.69) is 0 Å². The maximum Gasteiger partial charge on any atom is 0.184 e. The fourth-order valence-electron chi connectivity index (χ4n) is 1.47. The third-order valence-electron chi connectivity index (χ3n) is 2.28. The fourth-order valence-corrected chi connectivity index (χ4v) is 1.62. The first kappa shape index (κ1) is 9.49. The first-order valence-corrected chi connectivity index (χ1v) is 4.59. The van der Waals surface area contributed by atoms with Gasteiger partial charge in [0.2, 0.25) is 0 Å². The molecule has 2 N–H and O–H groups in total. The lowest BCUT2D eigenvalue weighted by atomic mass is 10.1. The lowest BCUT2D eigenvalue weighted by Crippen LogP contribution is -1.95. The molecule has 1 aromatic carbocycles. The van der Waals surface area contributed by atoms with Gasteiger partial charge in [-0.05, 0) is 24.6 Å². The predicted molar refractivity (Wildman–Crippen MR) is 53.8 cm³/mol. The quantitative estimate of drug-likeness (QED) is 0.791. The van der Waals surface area contributed by atoms with E-state index < -0.39 is 5.82 Å². The number of halogens is 2. The second-order valence-electron chi connectivity index (χ2n) is 3.09. The van der Waals surface area contributed by atoms with Crippen LogP contribution in [0.5, 0.6) is 0 Å². The molecule has 0 amide bonds. The number of benzene rings is 1. The zero-order valence-electron chi connectivity index (χ0n) is 7.60. The molecule has 0 fully saturated rings. The highest BCUT2D eigenvalue weighted by Gasteiger charge is 2.14. The molecular formula is C10H9ClFNO. The Bertz CT molecular complexity index is 492. The predicted octanol–water partition coefficient (Wildman–Crippen LogP) is 2.99. The number of furan rings is 1. The maximum atomic E-state index is 13.5. The Labute approximate surface area is 85.4 Å². The molecule has 0 aliphatic rings. The summed E-state index contributed by atoms with van der Waals surface area (Å²) in [4.78, 5) is 0. The van der Waals surface area contributed by atoms with Crippen LogP contribution >= 0.6 is 11.6 Å². The second kappa shape index (κ2) is 3.26. The van der Waals surface area contributed by atoms with Crippen molar-refractivity contribution in [3.63, 3.8) is 0 Å². The van der Waals surface area contributed by atoms with E-state index in [-0.39, 0.29) is 17.2 Å². The molecule has 0 atom stereocenters. The Morgan fingerprint density at radius 1 is 1.50 bits per heavy atom. The van der Waals surface area contributed by atoms with Crippen molar-refractivity contribution in [3.8, 4) is 0 Å². The normalized spacial score (nSPS) is 11.1. The van der Waals surface area contributed by atoms with E-state index >= 15 is 0 Å². The number of hydrogen-bond donors (Lipinski definition) is 1. The highest BCUT2D eigenvalue weighted by molar-refractivity contribution is 6.31. The minimum atomic E-state index is -0.521. The molecule has 0 spiro atoms. The van der Waals surface area contributed by atoms with Crippen molar-refractivity contribution in [2.75, 3.05) is 0 Å². The molecule has 0 bridgehead atoms. The highest BCUT2D eigenvalue weighted by atomic mass is 35.5. The molecule has 2 rings (SSSR count). The summed E-state index contributed by atoms with van der Waals surface area (Å²) in [6.45, 7) is 2.11. The summed E-state index contributed by atoms with van der Waals surface area (Å²) in [6.07, 6.45) is 0. The number of rotatable bonds is 1. The average molecular weight is 214 g/mol. The molecule has 2 nitrogen and oxygen atoms in total. The van der Waals surface area contributed by atoms with Crippen LogP contribution in [0.3, 0.4) is 0 Å². The van der Waals surface area contributed by atoms with Crippen LogP contribution in [0.15, 0.2) is 16.5 Å². The van der Waals surface area contributed by atoms with E-state index in [9.17, 15) is 4.39 Å². The van der Waals surface area contributed by atoms with Crippen LogP contribution in [-0.2, 0) is 6.54 Å². The smallest absolute Gasteiger partial charge is 0.184 e. The average Bonchev–Trinajstić information content (AvgIpc) is 2.50. The zero-order chi connectivity index (χ0) is 10.3. The van der Waals surface area contributed by atoms with Crippen molar-refractivity contribution in [1.29, 1.82) is 0 Å². The lowest BCUT2D eigenvalue weighted by Gasteiger charge is -1.93. The van der Waals surface area contributed by atoms with Gasteiger partial charge in [-0.1, -0.05) is 11.6 Å². The van der Waals surface area contributed by atoms with Gasteiger partial charge in [0.1, 0.15) is 5.76 Å². The Morgan fingerprint density at radius 3 is 2.86 bits per heavy atom. The van der Waals surface area contributed by atoms with Crippen LogP contribution in [-0.4, -0.2) is 0 Å². The molecule has 1 aromatic heterocycles. The number of aryl methyl sites for hydroxylation is 1. The van der Waals surface area contributed by atoms with Crippen molar-refractivity contribution in [3.05, 3.63) is 34.3 Å². The lowest BCUT2D eigenvalue weighted by molar-refractivity contribution is 0.519. The van der Waals surface area contributed by atoms with Gasteiger partial charge in [0.15, 0.2) is 11.4 Å². The Morgan fingerprint density at radius 2 is 2.21 bits per heavy atom. The van der Waals surface area contributed by atoms with E-state index in [1.54, 1.807) is 6.07 Å². The molecule has 1 heterocycles. The van der Waals surface area contributed by atoms with Gasteiger partial charge in [-0.25, -0.2) is 4.39 Å². The Hall–Kier alpha value is -1.06. The highest BCUT2D eigenvalue weighted by Crippen LogP contribution is 2.30. The van der Waals surface area contributed by atoms with Gasteiger partial charge >= 0.3 is 0 Å². The molecular weight excluding hydrogens is 205 g/mol. The number of hydrogen-bond acceptors (Lipinski definition) is 2. The first-order chi connectivity index (χ1) is 6.65. The second-order valence-corrected chi connectivity index (χ2v) is 3.50. The topological polar surface area (TPSA) is 39.2 Å². The zero-order valence-corrected chi connectivity index (χ0v) is 8.36. The maximum absolute atomic E-state index is 13.5. The minimum absolute atomic E-state index is 0.0646. The molecule has 0 aliphatic heterocycles. The van der Waals surface area contributed by atoms with Gasteiger partial charge in [0.05, 0.1) is 11.6 Å². The molecule has 2 aromatic rings. The van der Waals surface area contributed by atoms with Crippen LogP contribution in [0.2, 0.25) is 5.02 Å². The SMILES string of the molecule is Cc1c(CN)oc2c(F)c(Cl)ccc12. The minimum Gasteiger partial charge on any atom is -0.456 e. The summed E-state index contributed by atoms with van der Waals surface area (Å²) in [7, 11) is 0. The largest absolute Gasteiger partial charge is 0.456 e. The standard InChI is InChI=1S/C10H9ClFNO/c1-5-6-2-3-7(11)9(12)10(6)14-8(5)4-13/h2-3H,4,13H2,1H3. The van der Waals surface area contributed by atoms with Crippen molar-refractivity contribution in [1.82, 2.24) is 0 Å². The van der Waals surface area contributed by atoms with Crippen LogP contribution in [0.1, 0.15) is 11.3 Å². The molecule has 0 aliphatic carbocycles. The molecule has 4 heteroatoms. The third-order valence-corrected chi connectivity index (χ3v) is 2.57. The van der Waals surface area contributed by atoms with E-state index in [1.165, 1.54) is 6.07 Å². The molecule has 0 saturated heterocycles.